The van der Waals surface area contributed by atoms with Crippen molar-refractivity contribution in [1.29, 1.82) is 0 Å². The fourth-order valence-corrected chi connectivity index (χ4v) is 5.32. The maximum absolute atomic E-state index is 11.3. The van der Waals surface area contributed by atoms with Crippen LogP contribution in [0.15, 0.2) is 90.6 Å². The van der Waals surface area contributed by atoms with Gasteiger partial charge >= 0.3 is 0 Å². The lowest BCUT2D eigenvalue weighted by Crippen LogP contribution is -2.21. The quantitative estimate of drug-likeness (QED) is 0.203. The van der Waals surface area contributed by atoms with Crippen LogP contribution in [0, 0.1) is 0 Å². The summed E-state index contributed by atoms with van der Waals surface area (Å²) in [5.41, 5.74) is 5.05. The van der Waals surface area contributed by atoms with Crippen molar-refractivity contribution >= 4 is 43.6 Å². The largest absolute Gasteiger partial charge is 0.489 e. The lowest BCUT2D eigenvalue weighted by atomic mass is 10.1. The molecule has 5 aromatic rings. The molecule has 0 saturated heterocycles. The number of ether oxygens (including phenoxy) is 1. The normalized spacial score (nSPS) is 11.5. The van der Waals surface area contributed by atoms with Crippen LogP contribution in [0.25, 0.3) is 22.0 Å². The summed E-state index contributed by atoms with van der Waals surface area (Å²) >= 11 is 1.65. The molecule has 2 N–H and O–H groups in total. The molecule has 0 fully saturated rings. The first-order chi connectivity index (χ1) is 18.4. The number of hydrogen-bond donors (Lipinski definition) is 2. The van der Waals surface area contributed by atoms with E-state index in [-0.39, 0.29) is 5.75 Å². The number of rotatable bonds is 11. The van der Waals surface area contributed by atoms with Crippen molar-refractivity contribution in [3.05, 3.63) is 101 Å². The van der Waals surface area contributed by atoms with Gasteiger partial charge in [0.05, 0.1) is 11.3 Å². The summed E-state index contributed by atoms with van der Waals surface area (Å²) in [4.78, 5) is 10.1. The Balaban J connectivity index is 1.27. The standard InChI is InChI=1S/C29H28N4O3S2/c1-38(34,35)14-13-30-17-26-15-23(19-37-26)22-7-12-28-27(16-22)29(32-20-31-28)33-24-8-10-25(11-9-24)36-18-21-5-3-2-4-6-21/h2-12,15-16,19-20,30H,13-14,17-18H2,1H3,(H,31,32,33). The van der Waals surface area contributed by atoms with Gasteiger partial charge in [0.1, 0.15) is 34.3 Å². The predicted molar refractivity (Wildman–Crippen MR) is 155 cm³/mol. The zero-order chi connectivity index (χ0) is 26.4. The van der Waals surface area contributed by atoms with Crippen molar-refractivity contribution in [2.75, 3.05) is 23.9 Å². The van der Waals surface area contributed by atoms with Crippen LogP contribution < -0.4 is 15.4 Å². The van der Waals surface area contributed by atoms with Crippen molar-refractivity contribution < 1.29 is 13.2 Å². The molecule has 0 amide bonds. The molecule has 0 saturated carbocycles. The average molecular weight is 545 g/mol. The number of nitrogens with one attached hydrogen (secondary N) is 2. The molecule has 0 aliphatic rings. The first-order valence-electron chi connectivity index (χ1n) is 12.2. The van der Waals surface area contributed by atoms with E-state index in [0.717, 1.165) is 49.7 Å². The highest BCUT2D eigenvalue weighted by molar-refractivity contribution is 7.90. The Labute approximate surface area is 226 Å². The van der Waals surface area contributed by atoms with Gasteiger partial charge in [0.25, 0.3) is 0 Å². The Hall–Kier alpha value is -3.79. The van der Waals surface area contributed by atoms with Gasteiger partial charge in [-0.05, 0) is 64.5 Å². The number of hydrogen-bond acceptors (Lipinski definition) is 8. The van der Waals surface area contributed by atoms with Gasteiger partial charge in [-0.3, -0.25) is 0 Å². The molecular weight excluding hydrogens is 516 g/mol. The second kappa shape index (κ2) is 11.7. The van der Waals surface area contributed by atoms with Gasteiger partial charge in [0.2, 0.25) is 0 Å². The predicted octanol–water partition coefficient (Wildman–Crippen LogP) is 5.82. The number of benzene rings is 3. The van der Waals surface area contributed by atoms with Crippen LogP contribution in [0.2, 0.25) is 0 Å². The molecule has 7 nitrogen and oxygen atoms in total. The molecule has 3 aromatic carbocycles. The molecule has 0 aliphatic carbocycles. The summed E-state index contributed by atoms with van der Waals surface area (Å²) in [5.74, 6) is 1.66. The molecular formula is C29H28N4O3S2. The lowest BCUT2D eigenvalue weighted by Gasteiger charge is -2.11. The molecule has 9 heteroatoms. The van der Waals surface area contributed by atoms with E-state index in [1.54, 1.807) is 17.7 Å². The zero-order valence-electron chi connectivity index (χ0n) is 20.9. The number of thiophene rings is 1. The van der Waals surface area contributed by atoms with Crippen LogP contribution in [-0.4, -0.2) is 36.9 Å². The molecule has 0 bridgehead atoms. The van der Waals surface area contributed by atoms with Gasteiger partial charge in [-0.1, -0.05) is 36.4 Å². The number of aromatic nitrogens is 2. The summed E-state index contributed by atoms with van der Waals surface area (Å²) < 4.78 is 28.5. The van der Waals surface area contributed by atoms with Crippen LogP contribution in [0.4, 0.5) is 11.5 Å². The third kappa shape index (κ3) is 6.95. The van der Waals surface area contributed by atoms with E-state index in [2.05, 4.69) is 44.2 Å². The van der Waals surface area contributed by atoms with Crippen LogP contribution in [0.3, 0.4) is 0 Å². The maximum atomic E-state index is 11.3. The van der Waals surface area contributed by atoms with Crippen molar-refractivity contribution in [2.45, 2.75) is 13.2 Å². The van der Waals surface area contributed by atoms with E-state index in [1.807, 2.05) is 60.7 Å². The maximum Gasteiger partial charge on any atom is 0.148 e. The Morgan fingerprint density at radius 1 is 0.921 bits per heavy atom. The van der Waals surface area contributed by atoms with E-state index >= 15 is 0 Å². The van der Waals surface area contributed by atoms with Crippen LogP contribution in [0.5, 0.6) is 5.75 Å². The Morgan fingerprint density at radius 2 is 1.74 bits per heavy atom. The molecule has 194 valence electrons. The number of nitrogens with zero attached hydrogens (tertiary/aromatic N) is 2. The Bertz CT molecular complexity index is 1620. The van der Waals surface area contributed by atoms with Crippen molar-refractivity contribution in [3.63, 3.8) is 0 Å². The van der Waals surface area contributed by atoms with Gasteiger partial charge in [-0.2, -0.15) is 0 Å². The smallest absolute Gasteiger partial charge is 0.148 e. The second-order valence-electron chi connectivity index (χ2n) is 8.99. The van der Waals surface area contributed by atoms with Gasteiger partial charge in [-0.25, -0.2) is 18.4 Å². The molecule has 0 spiro atoms. The number of fused-ring (bicyclic) bond motifs is 1. The minimum atomic E-state index is -2.96. The summed E-state index contributed by atoms with van der Waals surface area (Å²) in [6.07, 6.45) is 2.81. The summed E-state index contributed by atoms with van der Waals surface area (Å²) in [6.45, 7) is 1.59. The molecule has 5 rings (SSSR count). The molecule has 0 atom stereocenters. The monoisotopic (exact) mass is 544 g/mol. The third-order valence-corrected chi connectivity index (χ3v) is 7.82. The first-order valence-corrected chi connectivity index (χ1v) is 15.1. The third-order valence-electron chi connectivity index (χ3n) is 5.94. The van der Waals surface area contributed by atoms with Crippen LogP contribution in [-0.2, 0) is 23.0 Å². The first kappa shape index (κ1) is 25.8. The summed E-state index contributed by atoms with van der Waals surface area (Å²) in [5, 5.41) is 9.65. The topological polar surface area (TPSA) is 93.2 Å². The molecule has 38 heavy (non-hydrogen) atoms. The van der Waals surface area contributed by atoms with Crippen LogP contribution >= 0.6 is 11.3 Å². The minimum Gasteiger partial charge on any atom is -0.489 e. The average Bonchev–Trinajstić information content (AvgIpc) is 3.40. The second-order valence-corrected chi connectivity index (χ2v) is 12.2. The van der Waals surface area contributed by atoms with Crippen molar-refractivity contribution in [1.82, 2.24) is 15.3 Å². The molecule has 0 aliphatic heterocycles. The van der Waals surface area contributed by atoms with Crippen molar-refractivity contribution in [2.24, 2.45) is 0 Å². The fraction of sp³-hybridized carbons (Fsp3) is 0.172. The van der Waals surface area contributed by atoms with Gasteiger partial charge in [0, 0.05) is 35.3 Å². The number of sulfone groups is 1. The van der Waals surface area contributed by atoms with E-state index in [0.29, 0.717) is 19.7 Å². The van der Waals surface area contributed by atoms with E-state index in [1.165, 1.54) is 6.26 Å². The Kier molecular flexibility index (Phi) is 7.97. The molecule has 2 aromatic heterocycles. The number of anilines is 2. The highest BCUT2D eigenvalue weighted by atomic mass is 32.2. The van der Waals surface area contributed by atoms with Gasteiger partial charge in [0.15, 0.2) is 0 Å². The fourth-order valence-electron chi connectivity index (χ4n) is 3.94. The zero-order valence-corrected chi connectivity index (χ0v) is 22.6. The van der Waals surface area contributed by atoms with E-state index < -0.39 is 9.84 Å². The molecule has 0 radical (unpaired) electrons. The highest BCUT2D eigenvalue weighted by Gasteiger charge is 2.09. The van der Waals surface area contributed by atoms with E-state index in [4.69, 9.17) is 4.74 Å². The SMILES string of the molecule is CS(=O)(=O)CCNCc1cc(-c2ccc3ncnc(Nc4ccc(OCc5ccccc5)cc4)c3c2)cs1. The molecule has 0 unspecified atom stereocenters. The van der Waals surface area contributed by atoms with Crippen molar-refractivity contribution in [3.8, 4) is 16.9 Å². The lowest BCUT2D eigenvalue weighted by molar-refractivity contribution is 0.306. The van der Waals surface area contributed by atoms with Crippen LogP contribution in [0.1, 0.15) is 10.4 Å². The Morgan fingerprint density at radius 3 is 2.53 bits per heavy atom. The summed E-state index contributed by atoms with van der Waals surface area (Å²) in [6, 6.07) is 26.2. The van der Waals surface area contributed by atoms with E-state index in [9.17, 15) is 8.42 Å². The minimum absolute atomic E-state index is 0.134. The van der Waals surface area contributed by atoms with Gasteiger partial charge < -0.3 is 15.4 Å². The summed E-state index contributed by atoms with van der Waals surface area (Å²) in [7, 11) is -2.96. The molecule has 2 heterocycles. The highest BCUT2D eigenvalue weighted by Crippen LogP contribution is 2.31. The van der Waals surface area contributed by atoms with Gasteiger partial charge in [-0.15, -0.1) is 11.3 Å².